The molecule has 1 atom stereocenters. The molecule has 0 aliphatic heterocycles. The van der Waals surface area contributed by atoms with E-state index in [9.17, 15) is 4.79 Å². The summed E-state index contributed by atoms with van der Waals surface area (Å²) < 4.78 is 5.62. The van der Waals surface area contributed by atoms with Crippen molar-refractivity contribution in [2.24, 2.45) is 5.92 Å². The van der Waals surface area contributed by atoms with E-state index in [1.807, 2.05) is 26.0 Å². The lowest BCUT2D eigenvalue weighted by Crippen LogP contribution is -2.31. The van der Waals surface area contributed by atoms with E-state index in [1.54, 1.807) is 6.92 Å². The monoisotopic (exact) mass is 239 g/mol. The molecule has 4 nitrogen and oxygen atoms in total. The van der Waals surface area contributed by atoms with E-state index < -0.39 is 5.97 Å². The summed E-state index contributed by atoms with van der Waals surface area (Å²) in [7, 11) is 0. The van der Waals surface area contributed by atoms with Gasteiger partial charge in [-0.05, 0) is 18.7 Å². The molecule has 0 aliphatic rings. The largest absolute Gasteiger partial charge is 0.481 e. The van der Waals surface area contributed by atoms with Gasteiger partial charge in [-0.3, -0.25) is 9.69 Å². The number of hydrogen-bond donors (Lipinski definition) is 1. The minimum absolute atomic E-state index is 0.351. The Balaban J connectivity index is 2.54. The SMILES string of the molecule is CCc1ccc(CN(CC)CC(C)C(=O)O)o1. The Morgan fingerprint density at radius 1 is 1.41 bits per heavy atom. The minimum atomic E-state index is -0.753. The molecular formula is C13H21NO3. The van der Waals surface area contributed by atoms with Crippen molar-refractivity contribution in [3.8, 4) is 0 Å². The summed E-state index contributed by atoms with van der Waals surface area (Å²) in [4.78, 5) is 12.9. The van der Waals surface area contributed by atoms with Crippen LogP contribution in [0.15, 0.2) is 16.5 Å². The summed E-state index contributed by atoms with van der Waals surface area (Å²) in [5.74, 6) is 0.774. The van der Waals surface area contributed by atoms with Crippen LogP contribution in [0.1, 0.15) is 32.3 Å². The molecule has 1 N–H and O–H groups in total. The first-order valence-electron chi connectivity index (χ1n) is 6.09. The van der Waals surface area contributed by atoms with Crippen LogP contribution < -0.4 is 0 Å². The van der Waals surface area contributed by atoms with Crippen LogP contribution in [0.5, 0.6) is 0 Å². The summed E-state index contributed by atoms with van der Waals surface area (Å²) in [5.41, 5.74) is 0. The van der Waals surface area contributed by atoms with Gasteiger partial charge in [0, 0.05) is 13.0 Å². The van der Waals surface area contributed by atoms with Crippen LogP contribution >= 0.6 is 0 Å². The molecular weight excluding hydrogens is 218 g/mol. The molecule has 0 aromatic carbocycles. The zero-order valence-electron chi connectivity index (χ0n) is 10.8. The normalized spacial score (nSPS) is 12.9. The molecule has 0 fully saturated rings. The van der Waals surface area contributed by atoms with E-state index >= 15 is 0 Å². The van der Waals surface area contributed by atoms with Crippen molar-refractivity contribution in [1.82, 2.24) is 4.90 Å². The van der Waals surface area contributed by atoms with Crippen LogP contribution in [0.25, 0.3) is 0 Å². The van der Waals surface area contributed by atoms with E-state index in [0.717, 1.165) is 24.5 Å². The summed E-state index contributed by atoms with van der Waals surface area (Å²) in [6.07, 6.45) is 0.887. The first-order valence-corrected chi connectivity index (χ1v) is 6.09. The Labute approximate surface area is 102 Å². The molecule has 17 heavy (non-hydrogen) atoms. The van der Waals surface area contributed by atoms with Crippen LogP contribution in [0.3, 0.4) is 0 Å². The Kier molecular flexibility index (Phi) is 5.22. The second kappa shape index (κ2) is 6.45. The maximum atomic E-state index is 10.8. The molecule has 1 unspecified atom stereocenters. The number of carboxylic acids is 1. The predicted molar refractivity (Wildman–Crippen MR) is 65.8 cm³/mol. The van der Waals surface area contributed by atoms with Gasteiger partial charge in [0.05, 0.1) is 12.5 Å². The first-order chi connectivity index (χ1) is 8.06. The molecule has 1 aromatic heterocycles. The van der Waals surface area contributed by atoms with Gasteiger partial charge in [0.1, 0.15) is 11.5 Å². The molecule has 0 saturated carbocycles. The number of hydrogen-bond acceptors (Lipinski definition) is 3. The molecule has 4 heteroatoms. The van der Waals surface area contributed by atoms with Crippen LogP contribution in [-0.2, 0) is 17.8 Å². The second-order valence-corrected chi connectivity index (χ2v) is 4.29. The van der Waals surface area contributed by atoms with E-state index in [4.69, 9.17) is 9.52 Å². The Hall–Kier alpha value is -1.29. The third-order valence-electron chi connectivity index (χ3n) is 2.85. The highest BCUT2D eigenvalue weighted by atomic mass is 16.4. The average Bonchev–Trinajstić information content (AvgIpc) is 2.75. The summed E-state index contributed by atoms with van der Waals surface area (Å²) >= 11 is 0. The van der Waals surface area contributed by atoms with Gasteiger partial charge in [0.15, 0.2) is 0 Å². The Morgan fingerprint density at radius 3 is 2.53 bits per heavy atom. The van der Waals surface area contributed by atoms with Crippen molar-refractivity contribution in [3.63, 3.8) is 0 Å². The molecule has 0 aliphatic carbocycles. The van der Waals surface area contributed by atoms with Gasteiger partial charge in [-0.15, -0.1) is 0 Å². The van der Waals surface area contributed by atoms with Crippen LogP contribution in [0.4, 0.5) is 0 Å². The molecule has 1 rings (SSSR count). The Morgan fingerprint density at radius 2 is 2.06 bits per heavy atom. The fourth-order valence-corrected chi connectivity index (χ4v) is 1.69. The third-order valence-corrected chi connectivity index (χ3v) is 2.85. The number of aliphatic carboxylic acids is 1. The molecule has 0 saturated heterocycles. The fraction of sp³-hybridized carbons (Fsp3) is 0.615. The molecule has 96 valence electrons. The first kappa shape index (κ1) is 13.8. The zero-order valence-corrected chi connectivity index (χ0v) is 10.8. The quantitative estimate of drug-likeness (QED) is 0.793. The van der Waals surface area contributed by atoms with Crippen LogP contribution in [0.2, 0.25) is 0 Å². The second-order valence-electron chi connectivity index (χ2n) is 4.29. The number of aryl methyl sites for hydroxylation is 1. The summed E-state index contributed by atoms with van der Waals surface area (Å²) in [6.45, 7) is 7.84. The third kappa shape index (κ3) is 4.23. The van der Waals surface area contributed by atoms with Crippen molar-refractivity contribution >= 4 is 5.97 Å². The van der Waals surface area contributed by atoms with Crippen molar-refractivity contribution in [2.45, 2.75) is 33.7 Å². The summed E-state index contributed by atoms with van der Waals surface area (Å²) in [6, 6.07) is 3.94. The highest BCUT2D eigenvalue weighted by Crippen LogP contribution is 2.12. The maximum Gasteiger partial charge on any atom is 0.307 e. The van der Waals surface area contributed by atoms with E-state index in [-0.39, 0.29) is 5.92 Å². The minimum Gasteiger partial charge on any atom is -0.481 e. The Bertz CT molecular complexity index is 359. The lowest BCUT2D eigenvalue weighted by Gasteiger charge is -2.21. The van der Waals surface area contributed by atoms with Gasteiger partial charge in [-0.1, -0.05) is 20.8 Å². The van der Waals surface area contributed by atoms with Crippen molar-refractivity contribution in [3.05, 3.63) is 23.7 Å². The average molecular weight is 239 g/mol. The van der Waals surface area contributed by atoms with Crippen molar-refractivity contribution in [2.75, 3.05) is 13.1 Å². The van der Waals surface area contributed by atoms with Gasteiger partial charge >= 0.3 is 5.97 Å². The predicted octanol–water partition coefficient (Wildman–Crippen LogP) is 2.38. The molecule has 0 bridgehead atoms. The van der Waals surface area contributed by atoms with Gasteiger partial charge in [-0.2, -0.15) is 0 Å². The zero-order chi connectivity index (χ0) is 12.8. The maximum absolute atomic E-state index is 10.8. The van der Waals surface area contributed by atoms with Crippen molar-refractivity contribution < 1.29 is 14.3 Å². The van der Waals surface area contributed by atoms with Crippen molar-refractivity contribution in [1.29, 1.82) is 0 Å². The molecule has 0 spiro atoms. The van der Waals surface area contributed by atoms with E-state index in [0.29, 0.717) is 13.1 Å². The lowest BCUT2D eigenvalue weighted by molar-refractivity contribution is -0.141. The molecule has 1 aromatic rings. The van der Waals surface area contributed by atoms with Crippen LogP contribution in [-0.4, -0.2) is 29.1 Å². The van der Waals surface area contributed by atoms with Crippen LogP contribution in [0, 0.1) is 5.92 Å². The lowest BCUT2D eigenvalue weighted by atomic mass is 10.1. The summed E-state index contributed by atoms with van der Waals surface area (Å²) in [5, 5.41) is 8.88. The smallest absolute Gasteiger partial charge is 0.307 e. The molecule has 0 amide bonds. The van der Waals surface area contributed by atoms with E-state index in [1.165, 1.54) is 0 Å². The number of carbonyl (C=O) groups is 1. The topological polar surface area (TPSA) is 53.7 Å². The van der Waals surface area contributed by atoms with Gasteiger partial charge in [0.25, 0.3) is 0 Å². The van der Waals surface area contributed by atoms with Gasteiger partial charge < -0.3 is 9.52 Å². The highest BCUT2D eigenvalue weighted by molar-refractivity contribution is 5.69. The highest BCUT2D eigenvalue weighted by Gasteiger charge is 2.16. The van der Waals surface area contributed by atoms with E-state index in [2.05, 4.69) is 4.90 Å². The van der Waals surface area contributed by atoms with Gasteiger partial charge in [-0.25, -0.2) is 0 Å². The number of rotatable bonds is 7. The van der Waals surface area contributed by atoms with Gasteiger partial charge in [0.2, 0.25) is 0 Å². The number of furan rings is 1. The fourth-order valence-electron chi connectivity index (χ4n) is 1.69. The molecule has 1 heterocycles. The number of nitrogens with zero attached hydrogens (tertiary/aromatic N) is 1. The standard InChI is InChI=1S/C13H21NO3/c1-4-11-6-7-12(17-11)9-14(5-2)8-10(3)13(15)16/h6-7,10H,4-5,8-9H2,1-3H3,(H,15,16). The molecule has 0 radical (unpaired) electrons. The number of carboxylic acid groups (broad SMARTS) is 1.